The van der Waals surface area contributed by atoms with E-state index in [1.807, 2.05) is 29.4 Å². The SMILES string of the molecule is Cl.Cl.O=C(CN1C[C@H]2C[C@@H](n3cnc4ccccc43)[C@H](O)C[C@H]2C1)N1CCNCC1. The van der Waals surface area contributed by atoms with E-state index in [2.05, 4.69) is 25.8 Å². The van der Waals surface area contributed by atoms with Crippen molar-refractivity contribution < 1.29 is 9.90 Å². The largest absolute Gasteiger partial charge is 0.391 e. The van der Waals surface area contributed by atoms with Gasteiger partial charge in [-0.05, 0) is 36.8 Å². The predicted molar refractivity (Wildman–Crippen MR) is 121 cm³/mol. The summed E-state index contributed by atoms with van der Waals surface area (Å²) in [6.07, 6.45) is 3.27. The third-order valence-corrected chi connectivity index (χ3v) is 6.85. The molecule has 2 aromatic rings. The number of likely N-dealkylation sites (tertiary alicyclic amines) is 1. The summed E-state index contributed by atoms with van der Waals surface area (Å²) in [7, 11) is 0. The maximum atomic E-state index is 12.6. The van der Waals surface area contributed by atoms with E-state index in [1.54, 1.807) is 0 Å². The molecule has 2 aliphatic heterocycles. The Morgan fingerprint density at radius 3 is 2.57 bits per heavy atom. The lowest BCUT2D eigenvalue weighted by Gasteiger charge is -2.36. The van der Waals surface area contributed by atoms with Crippen LogP contribution in [0, 0.1) is 11.8 Å². The standard InChI is InChI=1S/C21H29N5O2.2ClH/c27-20-10-16-12-24(13-21(28)25-7-5-22-6-8-25)11-15(16)9-19(20)26-14-23-17-3-1-2-4-18(17)26;;/h1-4,14-16,19-20,22,27H,5-13H2;2*1H/t15-,16+,19-,20-;;/m1../s1. The minimum absolute atomic E-state index is 0. The lowest BCUT2D eigenvalue weighted by molar-refractivity contribution is -0.132. The number of imidazole rings is 1. The van der Waals surface area contributed by atoms with Gasteiger partial charge in [0.15, 0.2) is 0 Å². The van der Waals surface area contributed by atoms with Gasteiger partial charge in [0, 0.05) is 39.3 Å². The van der Waals surface area contributed by atoms with Crippen molar-refractivity contribution in [2.45, 2.75) is 25.0 Å². The molecule has 3 heterocycles. The fourth-order valence-corrected chi connectivity index (χ4v) is 5.38. The molecule has 1 aliphatic carbocycles. The van der Waals surface area contributed by atoms with Crippen molar-refractivity contribution in [3.8, 4) is 0 Å². The zero-order chi connectivity index (χ0) is 19.1. The highest BCUT2D eigenvalue weighted by Gasteiger charge is 2.43. The molecule has 0 radical (unpaired) electrons. The van der Waals surface area contributed by atoms with Crippen molar-refractivity contribution in [3.63, 3.8) is 0 Å². The van der Waals surface area contributed by atoms with Crippen LogP contribution in [-0.2, 0) is 4.79 Å². The molecular formula is C21H31Cl2N5O2. The van der Waals surface area contributed by atoms with Crippen LogP contribution in [0.15, 0.2) is 30.6 Å². The molecule has 1 aromatic carbocycles. The van der Waals surface area contributed by atoms with E-state index in [1.165, 1.54) is 0 Å². The number of aliphatic hydroxyl groups excluding tert-OH is 1. The zero-order valence-electron chi connectivity index (χ0n) is 17.0. The Labute approximate surface area is 189 Å². The average molecular weight is 456 g/mol. The molecule has 1 aromatic heterocycles. The molecule has 0 bridgehead atoms. The second kappa shape index (κ2) is 9.83. The van der Waals surface area contributed by atoms with Gasteiger partial charge in [-0.15, -0.1) is 24.8 Å². The molecule has 3 fully saturated rings. The topological polar surface area (TPSA) is 73.6 Å². The van der Waals surface area contributed by atoms with Gasteiger partial charge in [0.05, 0.1) is 36.1 Å². The van der Waals surface area contributed by atoms with E-state index < -0.39 is 0 Å². The van der Waals surface area contributed by atoms with Crippen LogP contribution in [0.2, 0.25) is 0 Å². The van der Waals surface area contributed by atoms with Crippen LogP contribution < -0.4 is 5.32 Å². The molecule has 2 N–H and O–H groups in total. The number of nitrogens with one attached hydrogen (secondary N) is 1. The number of para-hydroxylation sites is 2. The molecule has 3 aliphatic rings. The molecule has 166 valence electrons. The van der Waals surface area contributed by atoms with Crippen molar-refractivity contribution in [2.75, 3.05) is 45.8 Å². The number of halogens is 2. The van der Waals surface area contributed by atoms with Crippen LogP contribution in [0.4, 0.5) is 0 Å². The number of aliphatic hydroxyl groups is 1. The summed E-state index contributed by atoms with van der Waals surface area (Å²) in [6, 6.07) is 8.18. The van der Waals surface area contributed by atoms with Gasteiger partial charge >= 0.3 is 0 Å². The quantitative estimate of drug-likeness (QED) is 0.734. The smallest absolute Gasteiger partial charge is 0.236 e. The molecule has 1 saturated carbocycles. The highest BCUT2D eigenvalue weighted by atomic mass is 35.5. The van der Waals surface area contributed by atoms with E-state index in [4.69, 9.17) is 0 Å². The Kier molecular flexibility index (Phi) is 7.63. The lowest BCUT2D eigenvalue weighted by Crippen LogP contribution is -2.49. The molecule has 2 saturated heterocycles. The predicted octanol–water partition coefficient (Wildman–Crippen LogP) is 1.56. The number of aromatic nitrogens is 2. The monoisotopic (exact) mass is 455 g/mol. The summed E-state index contributed by atoms with van der Waals surface area (Å²) in [4.78, 5) is 21.4. The van der Waals surface area contributed by atoms with Crippen LogP contribution in [0.1, 0.15) is 18.9 Å². The Hall–Kier alpha value is -1.38. The lowest BCUT2D eigenvalue weighted by atomic mass is 9.77. The van der Waals surface area contributed by atoms with E-state index in [0.717, 1.165) is 63.1 Å². The highest BCUT2D eigenvalue weighted by molar-refractivity contribution is 5.85. The summed E-state index contributed by atoms with van der Waals surface area (Å²) in [5, 5.41) is 14.2. The number of amides is 1. The van der Waals surface area contributed by atoms with Gasteiger partial charge in [-0.1, -0.05) is 12.1 Å². The highest BCUT2D eigenvalue weighted by Crippen LogP contribution is 2.42. The number of nitrogens with zero attached hydrogens (tertiary/aromatic N) is 4. The first-order valence-electron chi connectivity index (χ1n) is 10.5. The summed E-state index contributed by atoms with van der Waals surface area (Å²) >= 11 is 0. The second-order valence-corrected chi connectivity index (χ2v) is 8.59. The number of carbonyl (C=O) groups is 1. The van der Waals surface area contributed by atoms with Gasteiger partial charge in [-0.2, -0.15) is 0 Å². The van der Waals surface area contributed by atoms with Crippen molar-refractivity contribution in [3.05, 3.63) is 30.6 Å². The maximum Gasteiger partial charge on any atom is 0.236 e. The molecule has 5 rings (SSSR count). The van der Waals surface area contributed by atoms with Gasteiger partial charge in [0.2, 0.25) is 5.91 Å². The number of carbonyl (C=O) groups excluding carboxylic acids is 1. The fraction of sp³-hybridized carbons (Fsp3) is 0.619. The van der Waals surface area contributed by atoms with Crippen LogP contribution in [0.3, 0.4) is 0 Å². The Bertz CT molecular complexity index is 857. The average Bonchev–Trinajstić information content (AvgIpc) is 3.31. The normalized spacial score (nSPS) is 29.2. The Morgan fingerprint density at radius 1 is 1.10 bits per heavy atom. The van der Waals surface area contributed by atoms with Crippen LogP contribution in [0.5, 0.6) is 0 Å². The van der Waals surface area contributed by atoms with E-state index >= 15 is 0 Å². The van der Waals surface area contributed by atoms with Gasteiger partial charge in [0.1, 0.15) is 0 Å². The van der Waals surface area contributed by atoms with E-state index in [-0.39, 0.29) is 42.9 Å². The van der Waals surface area contributed by atoms with Gasteiger partial charge in [0.25, 0.3) is 0 Å². The number of rotatable bonds is 3. The maximum absolute atomic E-state index is 12.6. The summed E-state index contributed by atoms with van der Waals surface area (Å²) in [5.74, 6) is 1.26. The van der Waals surface area contributed by atoms with Crippen LogP contribution in [0.25, 0.3) is 11.0 Å². The molecule has 4 atom stereocenters. The third kappa shape index (κ3) is 4.46. The zero-order valence-corrected chi connectivity index (χ0v) is 18.7. The number of piperazine rings is 1. The first-order valence-corrected chi connectivity index (χ1v) is 10.5. The van der Waals surface area contributed by atoms with Crippen LogP contribution in [-0.4, -0.2) is 82.3 Å². The van der Waals surface area contributed by atoms with Gasteiger partial charge in [-0.25, -0.2) is 4.98 Å². The van der Waals surface area contributed by atoms with Crippen molar-refractivity contribution in [2.24, 2.45) is 11.8 Å². The molecule has 0 unspecified atom stereocenters. The van der Waals surface area contributed by atoms with Gasteiger partial charge < -0.3 is 19.9 Å². The van der Waals surface area contributed by atoms with E-state index in [0.29, 0.717) is 18.4 Å². The van der Waals surface area contributed by atoms with Crippen molar-refractivity contribution >= 4 is 41.8 Å². The molecule has 0 spiro atoms. The third-order valence-electron chi connectivity index (χ3n) is 6.85. The molecule has 30 heavy (non-hydrogen) atoms. The minimum atomic E-state index is -0.359. The first kappa shape index (κ1) is 23.3. The summed E-state index contributed by atoms with van der Waals surface area (Å²) in [6.45, 7) is 5.81. The number of fused-ring (bicyclic) bond motifs is 2. The first-order chi connectivity index (χ1) is 13.7. The molecular weight excluding hydrogens is 425 g/mol. The molecule has 9 heteroatoms. The van der Waals surface area contributed by atoms with Crippen LogP contribution >= 0.6 is 24.8 Å². The molecule has 1 amide bonds. The number of hydrogen-bond donors (Lipinski definition) is 2. The summed E-state index contributed by atoms with van der Waals surface area (Å²) < 4.78 is 2.16. The van der Waals surface area contributed by atoms with Crippen molar-refractivity contribution in [1.82, 2.24) is 24.7 Å². The molecule has 7 nitrogen and oxygen atoms in total. The Balaban J connectivity index is 0.00000128. The second-order valence-electron chi connectivity index (χ2n) is 8.59. The minimum Gasteiger partial charge on any atom is -0.391 e. The van der Waals surface area contributed by atoms with E-state index in [9.17, 15) is 9.90 Å². The Morgan fingerprint density at radius 2 is 1.80 bits per heavy atom. The van der Waals surface area contributed by atoms with Crippen molar-refractivity contribution in [1.29, 1.82) is 0 Å². The number of hydrogen-bond acceptors (Lipinski definition) is 5. The van der Waals surface area contributed by atoms with Gasteiger partial charge in [-0.3, -0.25) is 9.69 Å². The summed E-state index contributed by atoms with van der Waals surface area (Å²) in [5.41, 5.74) is 2.07. The fourth-order valence-electron chi connectivity index (χ4n) is 5.38. The number of benzene rings is 1.